The van der Waals surface area contributed by atoms with E-state index in [1.807, 2.05) is 26.0 Å². The molecular weight excluding hydrogens is 445 g/mol. The van der Waals surface area contributed by atoms with Gasteiger partial charge in [-0.25, -0.2) is 4.68 Å². The molecule has 2 aromatic heterocycles. The van der Waals surface area contributed by atoms with Gasteiger partial charge in [0.2, 0.25) is 0 Å². The van der Waals surface area contributed by atoms with Crippen molar-refractivity contribution >= 4 is 23.3 Å². The van der Waals surface area contributed by atoms with Crippen LogP contribution in [0.25, 0.3) is 0 Å². The Morgan fingerprint density at radius 2 is 1.97 bits per heavy atom. The van der Waals surface area contributed by atoms with E-state index in [1.165, 1.54) is 0 Å². The molecule has 170 valence electrons. The maximum Gasteiger partial charge on any atom is 0.410 e. The summed E-state index contributed by atoms with van der Waals surface area (Å²) in [6, 6.07) is 4.70. The first-order valence-corrected chi connectivity index (χ1v) is 10.4. The molecule has 1 aliphatic rings. The third-order valence-corrected chi connectivity index (χ3v) is 6.12. The number of rotatable bonds is 4. The second-order valence-corrected chi connectivity index (χ2v) is 8.30. The Balaban J connectivity index is 1.63. The highest BCUT2D eigenvalue weighted by Crippen LogP contribution is 2.46. The van der Waals surface area contributed by atoms with Gasteiger partial charge in [-0.2, -0.15) is 23.4 Å². The molecule has 2 atom stereocenters. The van der Waals surface area contributed by atoms with Crippen LogP contribution in [0.5, 0.6) is 0 Å². The lowest BCUT2D eigenvalue weighted by Crippen LogP contribution is -2.35. The van der Waals surface area contributed by atoms with Crippen molar-refractivity contribution in [3.63, 3.8) is 0 Å². The summed E-state index contributed by atoms with van der Waals surface area (Å²) in [5, 5.41) is 13.6. The minimum atomic E-state index is -4.56. The van der Waals surface area contributed by atoms with Crippen molar-refractivity contribution in [1.82, 2.24) is 24.9 Å². The van der Waals surface area contributed by atoms with Crippen LogP contribution >= 0.6 is 11.6 Å². The molecule has 3 aromatic rings. The van der Waals surface area contributed by atoms with Gasteiger partial charge >= 0.3 is 6.18 Å². The standard InChI is InChI=1S/C21H22ClF3N6O/c1-11-4-6-13(7-5-11)15-8-16(21(23,24)25)31-19(28-15)17(22)18(29-31)20(32)26-9-14-10-27-30(3)12(14)2/h4-7,10,15-16,28H,8-9H2,1-3H3,(H,26,32)/t15-,16-/m0/s1. The first kappa shape index (κ1) is 22.2. The molecule has 1 aromatic carbocycles. The molecule has 0 saturated heterocycles. The Morgan fingerprint density at radius 1 is 1.28 bits per heavy atom. The first-order valence-electron chi connectivity index (χ1n) is 9.99. The van der Waals surface area contributed by atoms with E-state index >= 15 is 0 Å². The molecule has 1 amide bonds. The van der Waals surface area contributed by atoms with E-state index in [0.717, 1.165) is 21.5 Å². The number of benzene rings is 1. The van der Waals surface area contributed by atoms with Gasteiger partial charge in [0.25, 0.3) is 5.91 Å². The van der Waals surface area contributed by atoms with Gasteiger partial charge in [-0.05, 0) is 19.4 Å². The number of carbonyl (C=O) groups excluding carboxylic acids is 1. The van der Waals surface area contributed by atoms with Crippen molar-refractivity contribution < 1.29 is 18.0 Å². The lowest BCUT2D eigenvalue weighted by Gasteiger charge is -2.33. The molecular formula is C21H22ClF3N6O. The molecule has 11 heteroatoms. The third-order valence-electron chi connectivity index (χ3n) is 5.77. The summed E-state index contributed by atoms with van der Waals surface area (Å²) in [6.07, 6.45) is -3.22. The number of amides is 1. The molecule has 32 heavy (non-hydrogen) atoms. The van der Waals surface area contributed by atoms with Crippen LogP contribution < -0.4 is 10.6 Å². The summed E-state index contributed by atoms with van der Waals surface area (Å²) in [6.45, 7) is 3.90. The zero-order valence-corrected chi connectivity index (χ0v) is 18.4. The Bertz CT molecular complexity index is 1150. The van der Waals surface area contributed by atoms with Gasteiger partial charge in [-0.15, -0.1) is 0 Å². The topological polar surface area (TPSA) is 76.8 Å². The van der Waals surface area contributed by atoms with Crippen molar-refractivity contribution in [2.24, 2.45) is 7.05 Å². The number of fused-ring (bicyclic) bond motifs is 1. The smallest absolute Gasteiger partial charge is 0.362 e. The van der Waals surface area contributed by atoms with Crippen molar-refractivity contribution in [1.29, 1.82) is 0 Å². The fourth-order valence-electron chi connectivity index (χ4n) is 3.73. The van der Waals surface area contributed by atoms with Crippen LogP contribution in [-0.4, -0.2) is 31.6 Å². The quantitative estimate of drug-likeness (QED) is 0.594. The van der Waals surface area contributed by atoms with Gasteiger partial charge in [-0.1, -0.05) is 41.4 Å². The van der Waals surface area contributed by atoms with Crippen LogP contribution in [0.1, 0.15) is 51.4 Å². The van der Waals surface area contributed by atoms with Gasteiger partial charge < -0.3 is 10.6 Å². The number of aromatic nitrogens is 4. The fraction of sp³-hybridized carbons (Fsp3) is 0.381. The van der Waals surface area contributed by atoms with Crippen molar-refractivity contribution in [2.75, 3.05) is 5.32 Å². The number of nitrogens with one attached hydrogen (secondary N) is 2. The monoisotopic (exact) mass is 466 g/mol. The molecule has 4 rings (SSSR count). The minimum Gasteiger partial charge on any atom is -0.362 e. The second kappa shape index (κ2) is 8.16. The summed E-state index contributed by atoms with van der Waals surface area (Å²) in [5.41, 5.74) is 3.09. The van der Waals surface area contributed by atoms with Crippen molar-refractivity contribution in [3.05, 3.63) is 63.6 Å². The third kappa shape index (κ3) is 4.06. The maximum absolute atomic E-state index is 13.9. The molecule has 1 aliphatic heterocycles. The maximum atomic E-state index is 13.9. The predicted molar refractivity (Wildman–Crippen MR) is 114 cm³/mol. The molecule has 2 N–H and O–H groups in total. The number of halogens is 4. The van der Waals surface area contributed by atoms with Gasteiger partial charge in [0.05, 0.1) is 12.2 Å². The van der Waals surface area contributed by atoms with E-state index in [4.69, 9.17) is 11.6 Å². The first-order chi connectivity index (χ1) is 15.1. The van der Waals surface area contributed by atoms with E-state index in [-0.39, 0.29) is 29.5 Å². The van der Waals surface area contributed by atoms with Gasteiger partial charge in [-0.3, -0.25) is 9.48 Å². The Kier molecular flexibility index (Phi) is 5.66. The van der Waals surface area contributed by atoms with Crippen molar-refractivity contribution in [2.45, 2.75) is 45.1 Å². The van der Waals surface area contributed by atoms with E-state index in [2.05, 4.69) is 20.8 Å². The van der Waals surface area contributed by atoms with E-state index in [9.17, 15) is 18.0 Å². The molecule has 0 aliphatic carbocycles. The number of hydrogen-bond acceptors (Lipinski definition) is 4. The van der Waals surface area contributed by atoms with Crippen LogP contribution in [0.2, 0.25) is 5.02 Å². The van der Waals surface area contributed by atoms with Crippen LogP contribution in [0.15, 0.2) is 30.5 Å². The van der Waals surface area contributed by atoms with Gasteiger partial charge in [0.1, 0.15) is 10.8 Å². The molecule has 0 unspecified atom stereocenters. The lowest BCUT2D eigenvalue weighted by molar-refractivity contribution is -0.173. The average Bonchev–Trinajstić information content (AvgIpc) is 3.25. The number of carbonyl (C=O) groups is 1. The number of aryl methyl sites for hydroxylation is 2. The van der Waals surface area contributed by atoms with Crippen LogP contribution in [0.3, 0.4) is 0 Å². The number of nitrogens with zero attached hydrogens (tertiary/aromatic N) is 4. The number of anilines is 1. The summed E-state index contributed by atoms with van der Waals surface area (Å²) in [7, 11) is 1.77. The van der Waals surface area contributed by atoms with E-state index in [0.29, 0.717) is 5.56 Å². The summed E-state index contributed by atoms with van der Waals surface area (Å²) in [4.78, 5) is 12.7. The Labute approximate surface area is 187 Å². The Morgan fingerprint density at radius 3 is 2.56 bits per heavy atom. The second-order valence-electron chi connectivity index (χ2n) is 7.92. The molecule has 0 radical (unpaired) electrons. The van der Waals surface area contributed by atoms with Gasteiger partial charge in [0.15, 0.2) is 11.7 Å². The average molecular weight is 467 g/mol. The molecule has 0 bridgehead atoms. The highest BCUT2D eigenvalue weighted by molar-refractivity contribution is 6.36. The molecule has 0 fully saturated rings. The van der Waals surface area contributed by atoms with Crippen LogP contribution in [-0.2, 0) is 13.6 Å². The van der Waals surface area contributed by atoms with Crippen LogP contribution in [0.4, 0.5) is 19.0 Å². The zero-order valence-electron chi connectivity index (χ0n) is 17.7. The number of alkyl halides is 3. The fourth-order valence-corrected chi connectivity index (χ4v) is 3.99. The number of hydrogen-bond donors (Lipinski definition) is 2. The van der Waals surface area contributed by atoms with Crippen LogP contribution in [0, 0.1) is 13.8 Å². The molecule has 3 heterocycles. The predicted octanol–water partition coefficient (Wildman–Crippen LogP) is 4.48. The summed E-state index contributed by atoms with van der Waals surface area (Å²) < 4.78 is 44.1. The SMILES string of the molecule is Cc1ccc([C@@H]2C[C@@H](C(F)(F)F)n3nc(C(=O)NCc4cnn(C)c4C)c(Cl)c3N2)cc1. The molecule has 0 spiro atoms. The highest BCUT2D eigenvalue weighted by Gasteiger charge is 2.47. The molecule has 7 nitrogen and oxygen atoms in total. The zero-order chi connectivity index (χ0) is 23.2. The van der Waals surface area contributed by atoms with E-state index in [1.54, 1.807) is 30.1 Å². The van der Waals surface area contributed by atoms with E-state index < -0.39 is 24.2 Å². The lowest BCUT2D eigenvalue weighted by atomic mass is 9.96. The minimum absolute atomic E-state index is 0.0199. The highest BCUT2D eigenvalue weighted by atomic mass is 35.5. The normalized spacial score (nSPS) is 18.2. The summed E-state index contributed by atoms with van der Waals surface area (Å²) >= 11 is 6.36. The summed E-state index contributed by atoms with van der Waals surface area (Å²) in [5.74, 6) is -0.678. The van der Waals surface area contributed by atoms with Crippen molar-refractivity contribution in [3.8, 4) is 0 Å². The van der Waals surface area contributed by atoms with Gasteiger partial charge in [0, 0.05) is 31.3 Å². The Hall–Kier alpha value is -3.01. The molecule has 0 saturated carbocycles. The largest absolute Gasteiger partial charge is 0.410 e.